The van der Waals surface area contributed by atoms with Gasteiger partial charge < -0.3 is 9.64 Å². The van der Waals surface area contributed by atoms with E-state index in [0.29, 0.717) is 13.2 Å². The Labute approximate surface area is 115 Å². The number of benzene rings is 1. The summed E-state index contributed by atoms with van der Waals surface area (Å²) in [7, 11) is 1.63. The zero-order valence-electron chi connectivity index (χ0n) is 11.9. The van der Waals surface area contributed by atoms with Crippen LogP contribution >= 0.6 is 11.8 Å². The summed E-state index contributed by atoms with van der Waals surface area (Å²) in [5, 5.41) is 0. The molecule has 1 aromatic carbocycles. The average Bonchev–Trinajstić information content (AvgIpc) is 2.42. The molecule has 4 heteroatoms. The smallest absolute Gasteiger partial charge is 0.214 e. The maximum atomic E-state index is 11.1. The summed E-state index contributed by atoms with van der Waals surface area (Å²) in [5.41, 5.74) is 2.11. The molecule has 0 bridgehead atoms. The Balaban J connectivity index is 0.00000137. The lowest BCUT2D eigenvalue weighted by Crippen LogP contribution is -2.26. The second-order valence-electron chi connectivity index (χ2n) is 3.47. The van der Waals surface area contributed by atoms with Gasteiger partial charge in [0.25, 0.3) is 0 Å². The summed E-state index contributed by atoms with van der Waals surface area (Å²) in [4.78, 5) is 13.8. The van der Waals surface area contributed by atoms with Crippen LogP contribution in [0.25, 0.3) is 0 Å². The summed E-state index contributed by atoms with van der Waals surface area (Å²) in [5.74, 6) is 0. The molecule has 0 unspecified atom stereocenters. The number of carbonyl (C=O) groups excluding carboxylic acids is 1. The van der Waals surface area contributed by atoms with E-state index in [1.807, 2.05) is 39.2 Å². The lowest BCUT2D eigenvalue weighted by Gasteiger charge is -2.20. The number of aryl methyl sites for hydroxylation is 1. The highest BCUT2D eigenvalue weighted by molar-refractivity contribution is 7.98. The van der Waals surface area contributed by atoms with Gasteiger partial charge >= 0.3 is 0 Å². The van der Waals surface area contributed by atoms with Crippen LogP contribution in [0, 0.1) is 6.92 Å². The highest BCUT2D eigenvalue weighted by Crippen LogP contribution is 2.28. The number of ether oxygens (including phenoxy) is 1. The number of anilines is 1. The van der Waals surface area contributed by atoms with Gasteiger partial charge in [0.1, 0.15) is 0 Å². The molecule has 0 aromatic heterocycles. The van der Waals surface area contributed by atoms with Crippen molar-refractivity contribution in [3.05, 3.63) is 23.8 Å². The predicted molar refractivity (Wildman–Crippen MR) is 79.6 cm³/mol. The number of amides is 1. The SMILES string of the molecule is CC.COCCN(C=O)c1cc(C)ccc1SC. The molecule has 0 aliphatic rings. The summed E-state index contributed by atoms with van der Waals surface area (Å²) < 4.78 is 4.99. The van der Waals surface area contributed by atoms with Crippen LogP contribution in [0.5, 0.6) is 0 Å². The van der Waals surface area contributed by atoms with Crippen molar-refractivity contribution in [1.29, 1.82) is 0 Å². The molecule has 0 radical (unpaired) electrons. The third kappa shape index (κ3) is 5.10. The standard InChI is InChI=1S/C12H17NO2S.C2H6/c1-10-4-5-12(16-3)11(8-10)13(9-14)6-7-15-2;1-2/h4-5,8-9H,6-7H2,1-3H3;1-2H3. The second kappa shape index (κ2) is 9.97. The molecular weight excluding hydrogens is 246 g/mol. The van der Waals surface area contributed by atoms with Gasteiger partial charge in [-0.2, -0.15) is 0 Å². The molecule has 102 valence electrons. The molecule has 0 atom stereocenters. The quantitative estimate of drug-likeness (QED) is 0.586. The Morgan fingerprint density at radius 2 is 2.06 bits per heavy atom. The fraction of sp³-hybridized carbons (Fsp3) is 0.500. The largest absolute Gasteiger partial charge is 0.383 e. The van der Waals surface area contributed by atoms with Crippen LogP contribution < -0.4 is 4.90 Å². The lowest BCUT2D eigenvalue weighted by atomic mass is 10.2. The first-order valence-electron chi connectivity index (χ1n) is 6.08. The molecule has 0 fully saturated rings. The van der Waals surface area contributed by atoms with Gasteiger partial charge in [-0.15, -0.1) is 11.8 Å². The maximum absolute atomic E-state index is 11.1. The number of methoxy groups -OCH3 is 1. The minimum Gasteiger partial charge on any atom is -0.383 e. The van der Waals surface area contributed by atoms with Gasteiger partial charge in [-0.05, 0) is 30.9 Å². The second-order valence-corrected chi connectivity index (χ2v) is 4.31. The van der Waals surface area contributed by atoms with Crippen LogP contribution in [0.3, 0.4) is 0 Å². The van der Waals surface area contributed by atoms with E-state index < -0.39 is 0 Å². The number of carbonyl (C=O) groups is 1. The van der Waals surface area contributed by atoms with Gasteiger partial charge in [0.2, 0.25) is 6.41 Å². The van der Waals surface area contributed by atoms with Gasteiger partial charge in [-0.1, -0.05) is 19.9 Å². The Morgan fingerprint density at radius 1 is 1.39 bits per heavy atom. The van der Waals surface area contributed by atoms with Crippen LogP contribution in [0.1, 0.15) is 19.4 Å². The maximum Gasteiger partial charge on any atom is 0.214 e. The summed E-state index contributed by atoms with van der Waals surface area (Å²) in [6.07, 6.45) is 2.86. The molecule has 0 aliphatic carbocycles. The van der Waals surface area contributed by atoms with Gasteiger partial charge in [0, 0.05) is 18.6 Å². The Bertz CT molecular complexity index is 356. The van der Waals surface area contributed by atoms with E-state index in [1.54, 1.807) is 23.8 Å². The van der Waals surface area contributed by atoms with Gasteiger partial charge in [-0.3, -0.25) is 4.79 Å². The predicted octanol–water partition coefficient (Wildman–Crippen LogP) is 3.35. The fourth-order valence-electron chi connectivity index (χ4n) is 1.44. The van der Waals surface area contributed by atoms with Crippen LogP contribution in [-0.2, 0) is 9.53 Å². The zero-order chi connectivity index (χ0) is 14.0. The van der Waals surface area contributed by atoms with E-state index in [0.717, 1.165) is 22.6 Å². The highest BCUT2D eigenvalue weighted by Gasteiger charge is 2.09. The van der Waals surface area contributed by atoms with Crippen molar-refractivity contribution >= 4 is 23.9 Å². The minimum absolute atomic E-state index is 0.542. The van der Waals surface area contributed by atoms with E-state index in [4.69, 9.17) is 4.74 Å². The van der Waals surface area contributed by atoms with Gasteiger partial charge in [0.05, 0.1) is 12.3 Å². The van der Waals surface area contributed by atoms with Gasteiger partial charge in [0.15, 0.2) is 0 Å². The first kappa shape index (κ1) is 17.0. The number of hydrogen-bond donors (Lipinski definition) is 0. The minimum atomic E-state index is 0.542. The molecule has 1 amide bonds. The highest BCUT2D eigenvalue weighted by atomic mass is 32.2. The third-order valence-electron chi connectivity index (χ3n) is 2.31. The van der Waals surface area contributed by atoms with Crippen LogP contribution in [-0.4, -0.2) is 32.9 Å². The summed E-state index contributed by atoms with van der Waals surface area (Å²) >= 11 is 1.64. The molecule has 0 spiro atoms. The number of nitrogens with zero attached hydrogens (tertiary/aromatic N) is 1. The van der Waals surface area contributed by atoms with Crippen LogP contribution in [0.15, 0.2) is 23.1 Å². The van der Waals surface area contributed by atoms with Crippen molar-refractivity contribution < 1.29 is 9.53 Å². The number of thioether (sulfide) groups is 1. The topological polar surface area (TPSA) is 29.5 Å². The summed E-state index contributed by atoms with van der Waals surface area (Å²) in [6, 6.07) is 6.11. The molecule has 18 heavy (non-hydrogen) atoms. The van der Waals surface area contributed by atoms with Crippen molar-refractivity contribution in [2.24, 2.45) is 0 Å². The number of rotatable bonds is 6. The Kier molecular flexibility index (Phi) is 9.42. The normalized spacial score (nSPS) is 9.39. The molecule has 0 saturated heterocycles. The molecule has 0 saturated carbocycles. The van der Waals surface area contributed by atoms with Gasteiger partial charge in [-0.25, -0.2) is 0 Å². The van der Waals surface area contributed by atoms with Crippen molar-refractivity contribution in [3.63, 3.8) is 0 Å². The molecular formula is C14H23NO2S. The molecule has 0 aliphatic heterocycles. The van der Waals surface area contributed by atoms with Crippen LogP contribution in [0.2, 0.25) is 0 Å². The van der Waals surface area contributed by atoms with Crippen LogP contribution in [0.4, 0.5) is 5.69 Å². The van der Waals surface area contributed by atoms with E-state index in [2.05, 4.69) is 6.07 Å². The Hall–Kier alpha value is -1.00. The summed E-state index contributed by atoms with van der Waals surface area (Å²) in [6.45, 7) is 7.14. The lowest BCUT2D eigenvalue weighted by molar-refractivity contribution is -0.107. The molecule has 1 aromatic rings. The first-order chi connectivity index (χ1) is 8.72. The molecule has 0 heterocycles. The average molecular weight is 269 g/mol. The molecule has 3 nitrogen and oxygen atoms in total. The fourth-order valence-corrected chi connectivity index (χ4v) is 2.03. The van der Waals surface area contributed by atoms with E-state index in [-0.39, 0.29) is 0 Å². The van der Waals surface area contributed by atoms with E-state index in [9.17, 15) is 4.79 Å². The molecule has 0 N–H and O–H groups in total. The third-order valence-corrected chi connectivity index (χ3v) is 3.09. The first-order valence-corrected chi connectivity index (χ1v) is 7.31. The zero-order valence-corrected chi connectivity index (χ0v) is 12.7. The van der Waals surface area contributed by atoms with Crippen molar-refractivity contribution in [3.8, 4) is 0 Å². The van der Waals surface area contributed by atoms with Crippen molar-refractivity contribution in [1.82, 2.24) is 0 Å². The molecule has 1 rings (SSSR count). The van der Waals surface area contributed by atoms with E-state index in [1.165, 1.54) is 0 Å². The number of hydrogen-bond acceptors (Lipinski definition) is 3. The van der Waals surface area contributed by atoms with E-state index >= 15 is 0 Å². The monoisotopic (exact) mass is 269 g/mol. The Morgan fingerprint density at radius 3 is 2.56 bits per heavy atom. The van der Waals surface area contributed by atoms with Crippen molar-refractivity contribution in [2.75, 3.05) is 31.4 Å². The van der Waals surface area contributed by atoms with Crippen molar-refractivity contribution in [2.45, 2.75) is 25.7 Å².